The van der Waals surface area contributed by atoms with Crippen molar-refractivity contribution in [3.63, 3.8) is 0 Å². The molecule has 0 aliphatic carbocycles. The van der Waals surface area contributed by atoms with Gasteiger partial charge >= 0.3 is 6.18 Å². The van der Waals surface area contributed by atoms with Crippen LogP contribution in [-0.2, 0) is 6.18 Å². The van der Waals surface area contributed by atoms with Crippen molar-refractivity contribution in [1.82, 2.24) is 0 Å². The van der Waals surface area contributed by atoms with E-state index in [2.05, 4.69) is 37.2 Å². The van der Waals surface area contributed by atoms with E-state index in [-0.39, 0.29) is 5.56 Å². The van der Waals surface area contributed by atoms with Gasteiger partial charge in [0.05, 0.1) is 11.1 Å². The summed E-state index contributed by atoms with van der Waals surface area (Å²) in [4.78, 5) is 12.0. The maximum atomic E-state index is 12.5. The van der Waals surface area contributed by atoms with E-state index in [1.165, 1.54) is 0 Å². The van der Waals surface area contributed by atoms with Gasteiger partial charge in [-0.15, -0.1) is 0 Å². The third-order valence-corrected chi connectivity index (χ3v) is 3.61. The highest BCUT2D eigenvalue weighted by Crippen LogP contribution is 2.33. The smallest absolute Gasteiger partial charge is 0.416 e. The molecule has 8 heteroatoms. The summed E-state index contributed by atoms with van der Waals surface area (Å²) >= 11 is 6.50. The number of alkyl halides is 3. The lowest BCUT2D eigenvalue weighted by atomic mass is 10.1. The van der Waals surface area contributed by atoms with Crippen molar-refractivity contribution in [2.24, 2.45) is 0 Å². The van der Waals surface area contributed by atoms with Crippen molar-refractivity contribution in [3.8, 4) is 5.75 Å². The number of nitrogens with one attached hydrogen (secondary N) is 1. The first kappa shape index (κ1) is 16.8. The van der Waals surface area contributed by atoms with Gasteiger partial charge in [0.15, 0.2) is 0 Å². The largest absolute Gasteiger partial charge is 0.507 e. The van der Waals surface area contributed by atoms with E-state index in [9.17, 15) is 23.1 Å². The standard InChI is InChI=1S/C14H8Br2F3NO2/c15-8-4-9(16)6-10(5-8)20-13(22)11-2-1-7(3-12(11)21)14(17,18)19/h1-6,21H,(H,20,22). The van der Waals surface area contributed by atoms with Crippen molar-refractivity contribution in [2.45, 2.75) is 6.18 Å². The van der Waals surface area contributed by atoms with E-state index in [1.807, 2.05) is 0 Å². The number of hydrogen-bond acceptors (Lipinski definition) is 2. The number of carbonyl (C=O) groups excluding carboxylic acids is 1. The first-order valence-corrected chi connectivity index (χ1v) is 7.43. The van der Waals surface area contributed by atoms with Crippen LogP contribution >= 0.6 is 31.9 Å². The minimum atomic E-state index is -4.58. The van der Waals surface area contributed by atoms with Gasteiger partial charge in [0.1, 0.15) is 5.75 Å². The highest BCUT2D eigenvalue weighted by molar-refractivity contribution is 9.11. The molecule has 0 atom stereocenters. The summed E-state index contributed by atoms with van der Waals surface area (Å²) in [5, 5.41) is 12.1. The van der Waals surface area contributed by atoms with Gasteiger partial charge in [-0.3, -0.25) is 4.79 Å². The van der Waals surface area contributed by atoms with Gasteiger partial charge in [0.25, 0.3) is 5.91 Å². The van der Waals surface area contributed by atoms with Crippen LogP contribution in [0.15, 0.2) is 45.3 Å². The van der Waals surface area contributed by atoms with Gasteiger partial charge < -0.3 is 10.4 Å². The summed E-state index contributed by atoms with van der Waals surface area (Å²) in [6.07, 6.45) is -4.58. The van der Waals surface area contributed by atoms with Crippen LogP contribution in [0.3, 0.4) is 0 Å². The number of carbonyl (C=O) groups is 1. The molecule has 3 nitrogen and oxygen atoms in total. The predicted molar refractivity (Wildman–Crippen MR) is 82.9 cm³/mol. The normalized spacial score (nSPS) is 11.3. The fourth-order valence-corrected chi connectivity index (χ4v) is 3.02. The summed E-state index contributed by atoms with van der Waals surface area (Å²) in [6, 6.07) is 7.18. The van der Waals surface area contributed by atoms with Crippen LogP contribution < -0.4 is 5.32 Å². The van der Waals surface area contributed by atoms with Crippen molar-refractivity contribution < 1.29 is 23.1 Å². The van der Waals surface area contributed by atoms with Gasteiger partial charge in [-0.1, -0.05) is 31.9 Å². The second-order valence-corrected chi connectivity index (χ2v) is 6.17. The molecule has 0 aliphatic heterocycles. The average Bonchev–Trinajstić information content (AvgIpc) is 2.35. The Kier molecular flexibility index (Phi) is 4.81. The Labute approximate surface area is 140 Å². The number of phenolic OH excluding ortho intramolecular Hbond substituents is 1. The Hall–Kier alpha value is -1.54. The number of phenols is 1. The van der Waals surface area contributed by atoms with Gasteiger partial charge in [-0.25, -0.2) is 0 Å². The monoisotopic (exact) mass is 437 g/mol. The van der Waals surface area contributed by atoms with Crippen molar-refractivity contribution in [2.75, 3.05) is 5.32 Å². The van der Waals surface area contributed by atoms with Crippen LogP contribution in [0.25, 0.3) is 0 Å². The summed E-state index contributed by atoms with van der Waals surface area (Å²) in [7, 11) is 0. The van der Waals surface area contributed by atoms with Gasteiger partial charge in [0.2, 0.25) is 0 Å². The summed E-state index contributed by atoms with van der Waals surface area (Å²) in [5.74, 6) is -1.45. The van der Waals surface area contributed by atoms with E-state index < -0.39 is 23.4 Å². The summed E-state index contributed by atoms with van der Waals surface area (Å²) in [6.45, 7) is 0. The second-order valence-electron chi connectivity index (χ2n) is 4.34. The molecule has 0 fully saturated rings. The number of amides is 1. The lowest BCUT2D eigenvalue weighted by Crippen LogP contribution is -2.13. The SMILES string of the molecule is O=C(Nc1cc(Br)cc(Br)c1)c1ccc(C(F)(F)F)cc1O. The lowest BCUT2D eigenvalue weighted by Gasteiger charge is -2.11. The maximum absolute atomic E-state index is 12.5. The molecule has 2 rings (SSSR count). The first-order valence-electron chi connectivity index (χ1n) is 5.84. The third-order valence-electron chi connectivity index (χ3n) is 2.69. The molecular weight excluding hydrogens is 431 g/mol. The van der Waals surface area contributed by atoms with Crippen LogP contribution in [0.2, 0.25) is 0 Å². The number of halogens is 5. The van der Waals surface area contributed by atoms with Crippen LogP contribution in [0.1, 0.15) is 15.9 Å². The Morgan fingerprint density at radius 1 is 1.05 bits per heavy atom. The molecule has 0 saturated carbocycles. The van der Waals surface area contributed by atoms with E-state index >= 15 is 0 Å². The molecule has 2 aromatic rings. The Bertz CT molecular complexity index is 712. The molecule has 0 aromatic heterocycles. The number of aromatic hydroxyl groups is 1. The molecule has 0 unspecified atom stereocenters. The fourth-order valence-electron chi connectivity index (χ4n) is 1.72. The second kappa shape index (κ2) is 6.29. The molecule has 116 valence electrons. The Morgan fingerprint density at radius 2 is 1.64 bits per heavy atom. The molecule has 2 N–H and O–H groups in total. The minimum absolute atomic E-state index is 0.246. The summed E-state index contributed by atoms with van der Waals surface area (Å²) in [5.41, 5.74) is -0.846. The van der Waals surface area contributed by atoms with E-state index in [0.717, 1.165) is 12.1 Å². The number of rotatable bonds is 2. The van der Waals surface area contributed by atoms with Crippen LogP contribution in [-0.4, -0.2) is 11.0 Å². The zero-order valence-electron chi connectivity index (χ0n) is 10.7. The van der Waals surface area contributed by atoms with Gasteiger partial charge in [0, 0.05) is 14.6 Å². The topological polar surface area (TPSA) is 49.3 Å². The minimum Gasteiger partial charge on any atom is -0.507 e. The molecule has 0 saturated heterocycles. The van der Waals surface area contributed by atoms with E-state index in [4.69, 9.17) is 0 Å². The lowest BCUT2D eigenvalue weighted by molar-refractivity contribution is -0.137. The number of hydrogen-bond donors (Lipinski definition) is 2. The van der Waals surface area contributed by atoms with E-state index in [0.29, 0.717) is 20.7 Å². The maximum Gasteiger partial charge on any atom is 0.416 e. The highest BCUT2D eigenvalue weighted by Gasteiger charge is 2.31. The summed E-state index contributed by atoms with van der Waals surface area (Å²) < 4.78 is 38.9. The van der Waals surface area contributed by atoms with Crippen molar-refractivity contribution in [3.05, 3.63) is 56.5 Å². The Morgan fingerprint density at radius 3 is 2.14 bits per heavy atom. The zero-order chi connectivity index (χ0) is 16.5. The predicted octanol–water partition coefficient (Wildman–Crippen LogP) is 5.19. The first-order chi connectivity index (χ1) is 10.2. The number of anilines is 1. The molecule has 0 heterocycles. The van der Waals surface area contributed by atoms with Gasteiger partial charge in [-0.2, -0.15) is 13.2 Å². The fraction of sp³-hybridized carbons (Fsp3) is 0.0714. The molecule has 22 heavy (non-hydrogen) atoms. The van der Waals surface area contributed by atoms with Crippen LogP contribution in [0.4, 0.5) is 18.9 Å². The van der Waals surface area contributed by atoms with Crippen molar-refractivity contribution >= 4 is 43.5 Å². The average molecular weight is 439 g/mol. The van der Waals surface area contributed by atoms with Crippen molar-refractivity contribution in [1.29, 1.82) is 0 Å². The molecular formula is C14H8Br2F3NO2. The molecule has 0 aliphatic rings. The quantitative estimate of drug-likeness (QED) is 0.677. The van der Waals surface area contributed by atoms with E-state index in [1.54, 1.807) is 18.2 Å². The molecule has 2 aromatic carbocycles. The molecule has 0 spiro atoms. The van der Waals surface area contributed by atoms with Gasteiger partial charge in [-0.05, 0) is 36.4 Å². The van der Waals surface area contributed by atoms with Crippen LogP contribution in [0.5, 0.6) is 5.75 Å². The zero-order valence-corrected chi connectivity index (χ0v) is 13.9. The Balaban J connectivity index is 2.26. The molecule has 0 bridgehead atoms. The number of benzene rings is 2. The highest BCUT2D eigenvalue weighted by atomic mass is 79.9. The van der Waals surface area contributed by atoms with Crippen LogP contribution in [0, 0.1) is 0 Å². The molecule has 0 radical (unpaired) electrons. The third kappa shape index (κ3) is 4.01. The molecule has 1 amide bonds.